The van der Waals surface area contributed by atoms with Crippen molar-refractivity contribution in [3.8, 4) is 0 Å². The summed E-state index contributed by atoms with van der Waals surface area (Å²) in [6.45, 7) is 5.99. The zero-order chi connectivity index (χ0) is 10.9. The van der Waals surface area contributed by atoms with Gasteiger partial charge in [-0.15, -0.1) is 0 Å². The van der Waals surface area contributed by atoms with Gasteiger partial charge in [-0.05, 0) is 42.6 Å². The van der Waals surface area contributed by atoms with E-state index in [0.29, 0.717) is 16.2 Å². The molecule has 84 valence electrons. The largest absolute Gasteiger partial charge is 0.302 e. The first-order chi connectivity index (χ1) is 7.01. The lowest BCUT2D eigenvalue weighted by atomic mass is 9.73. The summed E-state index contributed by atoms with van der Waals surface area (Å²) in [4.78, 5) is 13.3. The van der Waals surface area contributed by atoms with Crippen LogP contribution in [0.25, 0.3) is 0 Å². The second-order valence-electron chi connectivity index (χ2n) is 6.47. The third-order valence-corrected chi connectivity index (χ3v) is 6.25. The van der Waals surface area contributed by atoms with Gasteiger partial charge in [0.05, 0.1) is 6.04 Å². The number of carbonyl (C=O) groups excluding carboxylic acids is 1. The van der Waals surface area contributed by atoms with Crippen molar-refractivity contribution in [2.75, 3.05) is 13.6 Å². The van der Waals surface area contributed by atoms with Crippen molar-refractivity contribution in [2.45, 2.75) is 45.6 Å². The predicted octanol–water partition coefficient (Wildman–Crippen LogP) is 2.09. The first-order valence-electron chi connectivity index (χ1n) is 6.16. The Kier molecular flexibility index (Phi) is 1.62. The van der Waals surface area contributed by atoms with Gasteiger partial charge in [-0.2, -0.15) is 0 Å². The van der Waals surface area contributed by atoms with Crippen molar-refractivity contribution >= 4 is 6.29 Å². The molecule has 2 saturated carbocycles. The first kappa shape index (κ1) is 9.83. The quantitative estimate of drug-likeness (QED) is 0.614. The van der Waals surface area contributed by atoms with Gasteiger partial charge in [0.2, 0.25) is 0 Å². The van der Waals surface area contributed by atoms with Crippen molar-refractivity contribution < 1.29 is 4.79 Å². The number of aldehydes is 1. The molecular weight excluding hydrogens is 186 g/mol. The van der Waals surface area contributed by atoms with Gasteiger partial charge in [-0.3, -0.25) is 4.90 Å². The van der Waals surface area contributed by atoms with E-state index >= 15 is 0 Å². The Morgan fingerprint density at radius 2 is 1.93 bits per heavy atom. The SMILES string of the molecule is CN1CC2(CC1C=O)C(C)(C)C21CCC1. The number of likely N-dealkylation sites (tertiary alicyclic amines) is 1. The first-order valence-corrected chi connectivity index (χ1v) is 6.16. The second kappa shape index (κ2) is 2.48. The molecule has 1 aliphatic heterocycles. The lowest BCUT2D eigenvalue weighted by molar-refractivity contribution is -0.111. The summed E-state index contributed by atoms with van der Waals surface area (Å²) in [6, 6.07) is 0.184. The maximum Gasteiger partial charge on any atom is 0.137 e. The summed E-state index contributed by atoms with van der Waals surface area (Å²) in [5.41, 5.74) is 1.55. The van der Waals surface area contributed by atoms with E-state index in [1.807, 2.05) is 0 Å². The third kappa shape index (κ3) is 0.780. The minimum Gasteiger partial charge on any atom is -0.302 e. The fraction of sp³-hybridized carbons (Fsp3) is 0.923. The zero-order valence-corrected chi connectivity index (χ0v) is 10.0. The average molecular weight is 207 g/mol. The molecule has 2 aliphatic carbocycles. The lowest BCUT2D eigenvalue weighted by Gasteiger charge is -2.32. The summed E-state index contributed by atoms with van der Waals surface area (Å²) >= 11 is 0. The van der Waals surface area contributed by atoms with E-state index in [4.69, 9.17) is 0 Å². The Morgan fingerprint density at radius 3 is 2.27 bits per heavy atom. The van der Waals surface area contributed by atoms with Crippen LogP contribution in [-0.2, 0) is 4.79 Å². The van der Waals surface area contributed by atoms with E-state index in [1.54, 1.807) is 0 Å². The number of likely N-dealkylation sites (N-methyl/N-ethyl adjacent to an activating group) is 1. The van der Waals surface area contributed by atoms with E-state index < -0.39 is 0 Å². The molecule has 2 atom stereocenters. The van der Waals surface area contributed by atoms with Gasteiger partial charge in [0.1, 0.15) is 6.29 Å². The average Bonchev–Trinajstić information content (AvgIpc) is 2.36. The van der Waals surface area contributed by atoms with Gasteiger partial charge in [0, 0.05) is 6.54 Å². The molecule has 1 heterocycles. The van der Waals surface area contributed by atoms with Crippen LogP contribution in [0.3, 0.4) is 0 Å². The Balaban J connectivity index is 1.92. The molecule has 2 spiro atoms. The van der Waals surface area contributed by atoms with Crippen LogP contribution in [0.2, 0.25) is 0 Å². The molecule has 0 bridgehead atoms. The molecule has 3 fully saturated rings. The van der Waals surface area contributed by atoms with E-state index in [2.05, 4.69) is 25.8 Å². The molecule has 0 amide bonds. The predicted molar refractivity (Wildman–Crippen MR) is 59.6 cm³/mol. The number of nitrogens with zero attached hydrogens (tertiary/aromatic N) is 1. The molecule has 0 N–H and O–H groups in total. The lowest BCUT2D eigenvalue weighted by Crippen LogP contribution is -2.26. The highest BCUT2D eigenvalue weighted by atomic mass is 16.1. The minimum absolute atomic E-state index is 0.184. The Hall–Kier alpha value is -0.370. The van der Waals surface area contributed by atoms with Gasteiger partial charge < -0.3 is 4.79 Å². The molecule has 0 radical (unpaired) electrons. The van der Waals surface area contributed by atoms with Gasteiger partial charge >= 0.3 is 0 Å². The van der Waals surface area contributed by atoms with Gasteiger partial charge in [0.25, 0.3) is 0 Å². The van der Waals surface area contributed by atoms with Crippen LogP contribution < -0.4 is 0 Å². The van der Waals surface area contributed by atoms with Crippen molar-refractivity contribution in [2.24, 2.45) is 16.2 Å². The van der Waals surface area contributed by atoms with Crippen molar-refractivity contribution in [1.29, 1.82) is 0 Å². The molecule has 3 rings (SSSR count). The minimum atomic E-state index is 0.184. The van der Waals surface area contributed by atoms with Crippen LogP contribution in [0.5, 0.6) is 0 Å². The van der Waals surface area contributed by atoms with E-state index in [-0.39, 0.29) is 6.04 Å². The topological polar surface area (TPSA) is 20.3 Å². The van der Waals surface area contributed by atoms with Crippen LogP contribution in [0, 0.1) is 16.2 Å². The number of carbonyl (C=O) groups is 1. The highest BCUT2D eigenvalue weighted by Crippen LogP contribution is 2.88. The van der Waals surface area contributed by atoms with Gasteiger partial charge in [-0.25, -0.2) is 0 Å². The molecule has 2 heteroatoms. The summed E-state index contributed by atoms with van der Waals surface area (Å²) in [5.74, 6) is 0. The van der Waals surface area contributed by atoms with Crippen molar-refractivity contribution in [1.82, 2.24) is 4.90 Å². The third-order valence-electron chi connectivity index (χ3n) is 6.25. The van der Waals surface area contributed by atoms with Crippen molar-refractivity contribution in [3.63, 3.8) is 0 Å². The Morgan fingerprint density at radius 1 is 1.27 bits per heavy atom. The highest BCUT2D eigenvalue weighted by Gasteiger charge is 2.84. The smallest absolute Gasteiger partial charge is 0.137 e. The van der Waals surface area contributed by atoms with E-state index in [0.717, 1.165) is 19.3 Å². The number of hydrogen-bond donors (Lipinski definition) is 0. The van der Waals surface area contributed by atoms with Crippen molar-refractivity contribution in [3.05, 3.63) is 0 Å². The normalized spacial score (nSPS) is 45.7. The van der Waals surface area contributed by atoms with E-state index in [1.165, 1.54) is 19.3 Å². The molecule has 3 aliphatic rings. The molecule has 15 heavy (non-hydrogen) atoms. The fourth-order valence-electron chi connectivity index (χ4n) is 4.96. The standard InChI is InChI=1S/C13H21NO/c1-11(2)12(5-4-6-12)13(11)7-10(8-15)14(3)9-13/h8,10H,4-7,9H2,1-3H3. The molecule has 2 nitrogen and oxygen atoms in total. The molecule has 1 saturated heterocycles. The number of rotatable bonds is 1. The summed E-state index contributed by atoms with van der Waals surface area (Å²) in [7, 11) is 2.11. The summed E-state index contributed by atoms with van der Waals surface area (Å²) in [6.07, 6.45) is 6.47. The number of fused-ring (bicyclic) bond motifs is 1. The molecule has 0 aromatic rings. The van der Waals surface area contributed by atoms with Crippen LogP contribution in [-0.4, -0.2) is 30.8 Å². The molecule has 0 aromatic heterocycles. The second-order valence-corrected chi connectivity index (χ2v) is 6.47. The van der Waals surface area contributed by atoms with Gasteiger partial charge in [0.15, 0.2) is 0 Å². The Labute approximate surface area is 92.0 Å². The maximum absolute atomic E-state index is 11.0. The molecule has 0 aromatic carbocycles. The summed E-state index contributed by atoms with van der Waals surface area (Å²) in [5, 5.41) is 0. The monoisotopic (exact) mass is 207 g/mol. The fourth-order valence-corrected chi connectivity index (χ4v) is 4.96. The summed E-state index contributed by atoms with van der Waals surface area (Å²) < 4.78 is 0. The van der Waals surface area contributed by atoms with Crippen LogP contribution in [0.4, 0.5) is 0 Å². The maximum atomic E-state index is 11.0. The molecule has 2 unspecified atom stereocenters. The van der Waals surface area contributed by atoms with Crippen LogP contribution in [0.15, 0.2) is 0 Å². The highest BCUT2D eigenvalue weighted by molar-refractivity contribution is 5.59. The molecular formula is C13H21NO. The van der Waals surface area contributed by atoms with E-state index in [9.17, 15) is 4.79 Å². The number of hydrogen-bond acceptors (Lipinski definition) is 2. The Bertz CT molecular complexity index is 318. The van der Waals surface area contributed by atoms with Crippen LogP contribution in [0.1, 0.15) is 39.5 Å². The van der Waals surface area contributed by atoms with Gasteiger partial charge in [-0.1, -0.05) is 20.3 Å². The van der Waals surface area contributed by atoms with Crippen LogP contribution >= 0.6 is 0 Å². The zero-order valence-electron chi connectivity index (χ0n) is 10.0.